The van der Waals surface area contributed by atoms with Crippen molar-refractivity contribution in [1.82, 2.24) is 4.90 Å². The zero-order valence-corrected chi connectivity index (χ0v) is 10.00. The third-order valence-corrected chi connectivity index (χ3v) is 3.97. The first kappa shape index (κ1) is 11.0. The standard InChI is InChI=1S/C13H22N2/c1-13(2)9-15(10-13)12-5-3-11(4-6-12)7-8-14/h11-12H,3-7,9-10H2,1-2H3/t11-,12+. The molecular formula is C13H22N2. The van der Waals surface area contributed by atoms with Gasteiger partial charge in [-0.2, -0.15) is 5.26 Å². The molecule has 1 aliphatic heterocycles. The molecule has 15 heavy (non-hydrogen) atoms. The molecule has 0 unspecified atom stereocenters. The summed E-state index contributed by atoms with van der Waals surface area (Å²) < 4.78 is 0. The lowest BCUT2D eigenvalue weighted by molar-refractivity contribution is -0.0220. The molecule has 2 heteroatoms. The van der Waals surface area contributed by atoms with Gasteiger partial charge in [-0.05, 0) is 37.0 Å². The second-order valence-electron chi connectivity index (χ2n) is 6.11. The van der Waals surface area contributed by atoms with Crippen molar-refractivity contribution in [2.75, 3.05) is 13.1 Å². The Kier molecular flexibility index (Phi) is 3.02. The van der Waals surface area contributed by atoms with Gasteiger partial charge in [0.15, 0.2) is 0 Å². The minimum atomic E-state index is 0.559. The predicted molar refractivity (Wildman–Crippen MR) is 61.3 cm³/mol. The molecule has 0 atom stereocenters. The van der Waals surface area contributed by atoms with E-state index in [2.05, 4.69) is 24.8 Å². The lowest BCUT2D eigenvalue weighted by Gasteiger charge is -2.51. The topological polar surface area (TPSA) is 27.0 Å². The van der Waals surface area contributed by atoms with E-state index in [1.165, 1.54) is 38.8 Å². The highest BCUT2D eigenvalue weighted by Gasteiger charge is 2.39. The molecule has 2 rings (SSSR count). The molecule has 0 aromatic heterocycles. The van der Waals surface area contributed by atoms with Crippen molar-refractivity contribution in [1.29, 1.82) is 5.26 Å². The van der Waals surface area contributed by atoms with E-state index in [0.29, 0.717) is 11.3 Å². The summed E-state index contributed by atoms with van der Waals surface area (Å²) in [6.07, 6.45) is 5.97. The highest BCUT2D eigenvalue weighted by atomic mass is 15.2. The van der Waals surface area contributed by atoms with Crippen LogP contribution in [0, 0.1) is 22.7 Å². The fraction of sp³-hybridized carbons (Fsp3) is 0.923. The molecule has 0 aromatic carbocycles. The molecule has 0 amide bonds. The van der Waals surface area contributed by atoms with Crippen LogP contribution < -0.4 is 0 Å². The minimum absolute atomic E-state index is 0.559. The number of nitrogens with zero attached hydrogens (tertiary/aromatic N) is 2. The van der Waals surface area contributed by atoms with Crippen LogP contribution in [0.15, 0.2) is 0 Å². The molecule has 2 nitrogen and oxygen atoms in total. The number of likely N-dealkylation sites (tertiary alicyclic amines) is 1. The minimum Gasteiger partial charge on any atom is -0.299 e. The van der Waals surface area contributed by atoms with Crippen LogP contribution in [0.1, 0.15) is 46.0 Å². The van der Waals surface area contributed by atoms with E-state index in [1.54, 1.807) is 0 Å². The Morgan fingerprint density at radius 2 is 1.80 bits per heavy atom. The summed E-state index contributed by atoms with van der Waals surface area (Å²) in [4.78, 5) is 2.64. The van der Waals surface area contributed by atoms with E-state index in [-0.39, 0.29) is 0 Å². The quantitative estimate of drug-likeness (QED) is 0.694. The molecule has 0 spiro atoms. The maximum atomic E-state index is 8.66. The summed E-state index contributed by atoms with van der Waals surface area (Å²) in [7, 11) is 0. The summed E-state index contributed by atoms with van der Waals surface area (Å²) in [5.41, 5.74) is 0.559. The Hall–Kier alpha value is -0.550. The molecule has 0 aromatic rings. The Morgan fingerprint density at radius 3 is 2.27 bits per heavy atom. The van der Waals surface area contributed by atoms with Gasteiger partial charge in [0.05, 0.1) is 6.07 Å². The van der Waals surface area contributed by atoms with Gasteiger partial charge in [0.1, 0.15) is 0 Å². The molecule has 2 aliphatic rings. The van der Waals surface area contributed by atoms with Gasteiger partial charge in [-0.3, -0.25) is 4.90 Å². The van der Waals surface area contributed by atoms with E-state index < -0.39 is 0 Å². The average molecular weight is 206 g/mol. The van der Waals surface area contributed by atoms with Gasteiger partial charge in [-0.25, -0.2) is 0 Å². The Labute approximate surface area is 93.3 Å². The first-order valence-electron chi connectivity index (χ1n) is 6.22. The normalized spacial score (nSPS) is 35.5. The summed E-state index contributed by atoms with van der Waals surface area (Å²) in [5.74, 6) is 0.695. The lowest BCUT2D eigenvalue weighted by Crippen LogP contribution is -2.57. The number of nitriles is 1. The van der Waals surface area contributed by atoms with Gasteiger partial charge in [0, 0.05) is 25.6 Å². The van der Waals surface area contributed by atoms with Gasteiger partial charge in [0.2, 0.25) is 0 Å². The number of hydrogen-bond donors (Lipinski definition) is 0. The van der Waals surface area contributed by atoms with Crippen LogP contribution >= 0.6 is 0 Å². The molecule has 1 saturated carbocycles. The first-order valence-corrected chi connectivity index (χ1v) is 6.22. The lowest BCUT2D eigenvalue weighted by atomic mass is 9.78. The van der Waals surface area contributed by atoms with Crippen molar-refractivity contribution in [3.05, 3.63) is 0 Å². The van der Waals surface area contributed by atoms with E-state index >= 15 is 0 Å². The van der Waals surface area contributed by atoms with E-state index in [4.69, 9.17) is 5.26 Å². The Bertz CT molecular complexity index is 248. The molecule has 84 valence electrons. The zero-order chi connectivity index (χ0) is 10.9. The SMILES string of the molecule is CC1(C)CN([C@H]2CC[C@@H](CC#N)CC2)C1. The first-order chi connectivity index (χ1) is 7.11. The van der Waals surface area contributed by atoms with Crippen LogP contribution in [0.25, 0.3) is 0 Å². The van der Waals surface area contributed by atoms with Crippen molar-refractivity contribution >= 4 is 0 Å². The van der Waals surface area contributed by atoms with E-state index in [1.807, 2.05) is 0 Å². The monoisotopic (exact) mass is 206 g/mol. The number of rotatable bonds is 2. The van der Waals surface area contributed by atoms with Gasteiger partial charge >= 0.3 is 0 Å². The highest BCUT2D eigenvalue weighted by molar-refractivity contribution is 4.93. The highest BCUT2D eigenvalue weighted by Crippen LogP contribution is 2.37. The summed E-state index contributed by atoms with van der Waals surface area (Å²) in [5, 5.41) is 8.66. The van der Waals surface area contributed by atoms with Gasteiger partial charge in [0.25, 0.3) is 0 Å². The average Bonchev–Trinajstić information content (AvgIpc) is 2.16. The third kappa shape index (κ3) is 2.52. The summed E-state index contributed by atoms with van der Waals surface area (Å²) in [6.45, 7) is 7.26. The molecule has 0 bridgehead atoms. The fourth-order valence-electron chi connectivity index (χ4n) is 3.15. The Morgan fingerprint density at radius 1 is 1.20 bits per heavy atom. The molecule has 1 heterocycles. The zero-order valence-electron chi connectivity index (χ0n) is 10.00. The maximum Gasteiger partial charge on any atom is 0.0624 e. The van der Waals surface area contributed by atoms with Crippen molar-refractivity contribution < 1.29 is 0 Å². The van der Waals surface area contributed by atoms with Gasteiger partial charge < -0.3 is 0 Å². The maximum absolute atomic E-state index is 8.66. The van der Waals surface area contributed by atoms with Crippen LogP contribution in [0.3, 0.4) is 0 Å². The molecule has 1 aliphatic carbocycles. The fourth-order valence-corrected chi connectivity index (χ4v) is 3.15. The second kappa shape index (κ2) is 4.14. The predicted octanol–water partition coefficient (Wildman–Crippen LogP) is 2.80. The van der Waals surface area contributed by atoms with Crippen LogP contribution in [-0.2, 0) is 0 Å². The largest absolute Gasteiger partial charge is 0.299 e. The molecule has 2 fully saturated rings. The van der Waals surface area contributed by atoms with Crippen LogP contribution in [0.5, 0.6) is 0 Å². The molecule has 0 N–H and O–H groups in total. The number of hydrogen-bond acceptors (Lipinski definition) is 2. The van der Waals surface area contributed by atoms with Gasteiger partial charge in [-0.1, -0.05) is 13.8 Å². The summed E-state index contributed by atoms with van der Waals surface area (Å²) >= 11 is 0. The molecular weight excluding hydrogens is 184 g/mol. The molecule has 1 saturated heterocycles. The van der Waals surface area contributed by atoms with Crippen molar-refractivity contribution in [3.63, 3.8) is 0 Å². The van der Waals surface area contributed by atoms with Gasteiger partial charge in [-0.15, -0.1) is 0 Å². The van der Waals surface area contributed by atoms with Crippen molar-refractivity contribution in [3.8, 4) is 6.07 Å². The van der Waals surface area contributed by atoms with E-state index in [0.717, 1.165) is 12.5 Å². The van der Waals surface area contributed by atoms with Crippen molar-refractivity contribution in [2.24, 2.45) is 11.3 Å². The van der Waals surface area contributed by atoms with Crippen LogP contribution in [-0.4, -0.2) is 24.0 Å². The Balaban J connectivity index is 1.73. The smallest absolute Gasteiger partial charge is 0.0624 e. The second-order valence-corrected chi connectivity index (χ2v) is 6.11. The summed E-state index contributed by atoms with van der Waals surface area (Å²) in [6, 6.07) is 3.14. The third-order valence-electron chi connectivity index (χ3n) is 3.97. The van der Waals surface area contributed by atoms with E-state index in [9.17, 15) is 0 Å². The van der Waals surface area contributed by atoms with Crippen LogP contribution in [0.2, 0.25) is 0 Å². The van der Waals surface area contributed by atoms with Crippen LogP contribution in [0.4, 0.5) is 0 Å². The molecule has 0 radical (unpaired) electrons. The van der Waals surface area contributed by atoms with Crippen molar-refractivity contribution in [2.45, 2.75) is 52.0 Å².